The Morgan fingerprint density at radius 3 is 2.36 bits per heavy atom. The minimum atomic E-state index is -4.02. The lowest BCUT2D eigenvalue weighted by molar-refractivity contribution is -0.114. The number of rotatable bonds is 8. The first kappa shape index (κ1) is 24.5. The molecule has 0 unspecified atom stereocenters. The summed E-state index contributed by atoms with van der Waals surface area (Å²) < 4.78 is 33.5. The summed E-state index contributed by atoms with van der Waals surface area (Å²) in [7, 11) is -4.02. The van der Waals surface area contributed by atoms with Crippen LogP contribution in [0.1, 0.15) is 22.8 Å². The molecule has 0 saturated carbocycles. The quantitative estimate of drug-likeness (QED) is 0.423. The van der Waals surface area contributed by atoms with E-state index < -0.39 is 28.4 Å². The maximum atomic E-state index is 13.4. The summed E-state index contributed by atoms with van der Waals surface area (Å²) in [6.07, 6.45) is 0. The number of nitrogens with one attached hydrogen (secondary N) is 1. The Morgan fingerprint density at radius 2 is 1.70 bits per heavy atom. The molecule has 7 nitrogen and oxygen atoms in total. The van der Waals surface area contributed by atoms with E-state index in [2.05, 4.69) is 21.2 Å². The van der Waals surface area contributed by atoms with Gasteiger partial charge in [-0.25, -0.2) is 13.2 Å². The minimum Gasteiger partial charge on any atom is -0.462 e. The number of carbonyl (C=O) groups is 2. The van der Waals surface area contributed by atoms with Gasteiger partial charge in [-0.05, 0) is 61.9 Å². The Hall–Kier alpha value is -3.17. The van der Waals surface area contributed by atoms with Crippen LogP contribution in [0.3, 0.4) is 0 Å². The molecular weight excluding hydrogens is 508 g/mol. The fourth-order valence-electron chi connectivity index (χ4n) is 3.19. The Morgan fingerprint density at radius 1 is 1.00 bits per heavy atom. The first-order chi connectivity index (χ1) is 15.7. The van der Waals surface area contributed by atoms with Crippen molar-refractivity contribution in [3.8, 4) is 0 Å². The zero-order valence-electron chi connectivity index (χ0n) is 18.1. The number of esters is 1. The molecule has 0 bridgehead atoms. The maximum Gasteiger partial charge on any atom is 0.338 e. The molecule has 0 saturated heterocycles. The second-order valence-corrected chi connectivity index (χ2v) is 9.83. The van der Waals surface area contributed by atoms with Crippen LogP contribution >= 0.6 is 15.9 Å². The molecule has 0 aliphatic carbocycles. The van der Waals surface area contributed by atoms with Gasteiger partial charge in [-0.15, -0.1) is 0 Å². The summed E-state index contributed by atoms with van der Waals surface area (Å²) in [5.74, 6) is -1.05. The average molecular weight is 531 g/mol. The van der Waals surface area contributed by atoms with Gasteiger partial charge in [0.2, 0.25) is 5.91 Å². The Bertz CT molecular complexity index is 1260. The molecule has 0 atom stereocenters. The SMILES string of the molecule is CCOC(=O)c1cccc(NC(=O)CN(c2cccc(Br)c2)S(=O)(=O)c2ccccc2)c1C. The summed E-state index contributed by atoms with van der Waals surface area (Å²) in [5.41, 5.74) is 1.59. The standard InChI is InChI=1S/C24H23BrN2O5S/c1-3-32-24(29)21-13-8-14-22(17(21)2)26-23(28)16-27(19-10-7-9-18(25)15-19)33(30,31)20-11-5-4-6-12-20/h4-15H,3,16H2,1-2H3,(H,26,28). The predicted molar refractivity (Wildman–Crippen MR) is 131 cm³/mol. The van der Waals surface area contributed by atoms with Crippen LogP contribution < -0.4 is 9.62 Å². The van der Waals surface area contributed by atoms with Gasteiger partial charge in [0.05, 0.1) is 22.8 Å². The number of benzene rings is 3. The Balaban J connectivity index is 1.92. The molecule has 0 fully saturated rings. The first-order valence-corrected chi connectivity index (χ1v) is 12.4. The van der Waals surface area contributed by atoms with Gasteiger partial charge >= 0.3 is 5.97 Å². The molecule has 0 radical (unpaired) electrons. The highest BCUT2D eigenvalue weighted by Crippen LogP contribution is 2.27. The number of carbonyl (C=O) groups excluding carboxylic acids is 2. The number of halogens is 1. The van der Waals surface area contributed by atoms with E-state index in [1.165, 1.54) is 12.1 Å². The molecule has 0 aromatic heterocycles. The van der Waals surface area contributed by atoms with Crippen molar-refractivity contribution in [3.05, 3.63) is 88.4 Å². The lowest BCUT2D eigenvalue weighted by atomic mass is 10.1. The van der Waals surface area contributed by atoms with Crippen LogP contribution in [0.2, 0.25) is 0 Å². The average Bonchev–Trinajstić information content (AvgIpc) is 2.79. The van der Waals surface area contributed by atoms with Crippen LogP contribution in [0, 0.1) is 6.92 Å². The molecule has 3 aromatic rings. The van der Waals surface area contributed by atoms with E-state index in [1.54, 1.807) is 74.5 Å². The van der Waals surface area contributed by atoms with Crippen LogP contribution in [0.25, 0.3) is 0 Å². The summed E-state index contributed by atoms with van der Waals surface area (Å²) >= 11 is 3.35. The van der Waals surface area contributed by atoms with Gasteiger partial charge in [-0.3, -0.25) is 9.10 Å². The topological polar surface area (TPSA) is 92.8 Å². The highest BCUT2D eigenvalue weighted by atomic mass is 79.9. The van der Waals surface area contributed by atoms with Crippen LogP contribution in [-0.4, -0.2) is 33.4 Å². The largest absolute Gasteiger partial charge is 0.462 e. The van der Waals surface area contributed by atoms with Crippen molar-refractivity contribution in [2.45, 2.75) is 18.7 Å². The van der Waals surface area contributed by atoms with Gasteiger partial charge in [0.25, 0.3) is 10.0 Å². The monoisotopic (exact) mass is 530 g/mol. The van der Waals surface area contributed by atoms with E-state index in [4.69, 9.17) is 4.74 Å². The van der Waals surface area contributed by atoms with E-state index in [0.717, 1.165) is 4.31 Å². The van der Waals surface area contributed by atoms with Crippen LogP contribution in [0.5, 0.6) is 0 Å². The van der Waals surface area contributed by atoms with Crippen molar-refractivity contribution >= 4 is 49.2 Å². The molecule has 1 N–H and O–H groups in total. The normalized spacial score (nSPS) is 11.0. The van der Waals surface area contributed by atoms with E-state index >= 15 is 0 Å². The summed E-state index contributed by atoms with van der Waals surface area (Å²) in [4.78, 5) is 25.2. The second-order valence-electron chi connectivity index (χ2n) is 7.05. The van der Waals surface area contributed by atoms with E-state index in [9.17, 15) is 18.0 Å². The molecule has 0 aliphatic rings. The van der Waals surface area contributed by atoms with Gasteiger partial charge in [-0.2, -0.15) is 0 Å². The van der Waals surface area contributed by atoms with Crippen LogP contribution in [0.4, 0.5) is 11.4 Å². The third-order valence-corrected chi connectivity index (χ3v) is 7.10. The van der Waals surface area contributed by atoms with Crippen LogP contribution in [0.15, 0.2) is 82.2 Å². The summed E-state index contributed by atoms with van der Waals surface area (Å²) in [5, 5.41) is 2.72. The Labute approximate surface area is 201 Å². The molecule has 172 valence electrons. The molecule has 1 amide bonds. The van der Waals surface area contributed by atoms with Gasteiger partial charge < -0.3 is 10.1 Å². The summed E-state index contributed by atoms with van der Waals surface area (Å²) in [6, 6.07) is 19.5. The van der Waals surface area contributed by atoms with Gasteiger partial charge in [-0.1, -0.05) is 46.3 Å². The van der Waals surface area contributed by atoms with Gasteiger partial charge in [0, 0.05) is 10.2 Å². The van der Waals surface area contributed by atoms with Crippen molar-refractivity contribution < 1.29 is 22.7 Å². The molecule has 33 heavy (non-hydrogen) atoms. The number of nitrogens with zero attached hydrogens (tertiary/aromatic N) is 1. The molecule has 0 aliphatic heterocycles. The lowest BCUT2D eigenvalue weighted by Crippen LogP contribution is -2.38. The van der Waals surface area contributed by atoms with Crippen molar-refractivity contribution in [3.63, 3.8) is 0 Å². The third-order valence-electron chi connectivity index (χ3n) is 4.82. The molecular formula is C24H23BrN2O5S. The molecule has 3 aromatic carbocycles. The number of amides is 1. The van der Waals surface area contributed by atoms with Crippen molar-refractivity contribution in [2.24, 2.45) is 0 Å². The maximum absolute atomic E-state index is 13.4. The zero-order chi connectivity index (χ0) is 24.0. The molecule has 3 rings (SSSR count). The van der Waals surface area contributed by atoms with Gasteiger partial charge in [0.1, 0.15) is 6.54 Å². The fraction of sp³-hybridized carbons (Fsp3) is 0.167. The highest BCUT2D eigenvalue weighted by Gasteiger charge is 2.27. The van der Waals surface area contributed by atoms with Crippen LogP contribution in [-0.2, 0) is 19.6 Å². The lowest BCUT2D eigenvalue weighted by Gasteiger charge is -2.24. The van der Waals surface area contributed by atoms with E-state index in [0.29, 0.717) is 27.0 Å². The summed E-state index contributed by atoms with van der Waals surface area (Å²) in [6.45, 7) is 3.17. The highest BCUT2D eigenvalue weighted by molar-refractivity contribution is 9.10. The fourth-order valence-corrected chi connectivity index (χ4v) is 5.01. The van der Waals surface area contributed by atoms with E-state index in [1.807, 2.05) is 0 Å². The zero-order valence-corrected chi connectivity index (χ0v) is 20.5. The first-order valence-electron chi connectivity index (χ1n) is 10.1. The van der Waals surface area contributed by atoms with Crippen molar-refractivity contribution in [1.82, 2.24) is 0 Å². The molecule has 0 spiro atoms. The molecule has 9 heteroatoms. The van der Waals surface area contributed by atoms with Crippen molar-refractivity contribution in [2.75, 3.05) is 22.8 Å². The van der Waals surface area contributed by atoms with Gasteiger partial charge in [0.15, 0.2) is 0 Å². The molecule has 0 heterocycles. The van der Waals surface area contributed by atoms with E-state index in [-0.39, 0.29) is 11.5 Å². The number of hydrogen-bond donors (Lipinski definition) is 1. The smallest absolute Gasteiger partial charge is 0.338 e. The second kappa shape index (κ2) is 10.6. The number of sulfonamides is 1. The van der Waals surface area contributed by atoms with Crippen molar-refractivity contribution in [1.29, 1.82) is 0 Å². The predicted octanol–water partition coefficient (Wildman–Crippen LogP) is 4.77. The Kier molecular flexibility index (Phi) is 7.88. The number of hydrogen-bond acceptors (Lipinski definition) is 5. The number of anilines is 2. The number of ether oxygens (including phenoxy) is 1. The minimum absolute atomic E-state index is 0.0678. The third kappa shape index (κ3) is 5.80.